The maximum absolute atomic E-state index is 12.9. The molecule has 0 bridgehead atoms. The van der Waals surface area contributed by atoms with Crippen LogP contribution in [0.4, 0.5) is 5.69 Å². The third-order valence-corrected chi connectivity index (χ3v) is 5.24. The highest BCUT2D eigenvalue weighted by Gasteiger charge is 2.23. The molecule has 0 radical (unpaired) electrons. The summed E-state index contributed by atoms with van der Waals surface area (Å²) in [6, 6.07) is 7.30. The quantitative estimate of drug-likeness (QED) is 0.624. The number of anilines is 1. The van der Waals surface area contributed by atoms with Crippen LogP contribution >= 0.6 is 23.4 Å². The van der Waals surface area contributed by atoms with E-state index in [4.69, 9.17) is 16.3 Å². The minimum atomic E-state index is -0.264. The summed E-state index contributed by atoms with van der Waals surface area (Å²) in [6.07, 6.45) is 4.63. The molecule has 0 saturated carbocycles. The number of ether oxygens (including phenoxy) is 1. The Bertz CT molecular complexity index is 833. The summed E-state index contributed by atoms with van der Waals surface area (Å²) in [5.41, 5.74) is 0.870. The first kappa shape index (κ1) is 18.9. The van der Waals surface area contributed by atoms with E-state index in [1.807, 2.05) is 18.4 Å². The van der Waals surface area contributed by atoms with Crippen molar-refractivity contribution in [1.82, 2.24) is 9.55 Å². The molecule has 138 valence electrons. The van der Waals surface area contributed by atoms with Gasteiger partial charge in [0, 0.05) is 24.2 Å². The van der Waals surface area contributed by atoms with Crippen LogP contribution in [0.2, 0.25) is 5.02 Å². The van der Waals surface area contributed by atoms with E-state index in [1.54, 1.807) is 16.7 Å². The zero-order valence-electron chi connectivity index (χ0n) is 14.4. The SMILES string of the molecule is CSc1ncc(NC(=O)C2CCOCC2)c(=O)n1Cc1ccc(Cl)cc1. The van der Waals surface area contributed by atoms with Crippen LogP contribution in [0.5, 0.6) is 0 Å². The molecule has 1 aliphatic rings. The van der Waals surface area contributed by atoms with Gasteiger partial charge in [0.05, 0.1) is 12.7 Å². The first-order valence-corrected chi connectivity index (χ1v) is 9.95. The maximum Gasteiger partial charge on any atom is 0.278 e. The Morgan fingerprint density at radius 1 is 1.35 bits per heavy atom. The van der Waals surface area contributed by atoms with Gasteiger partial charge in [-0.3, -0.25) is 14.2 Å². The van der Waals surface area contributed by atoms with E-state index in [1.165, 1.54) is 18.0 Å². The molecule has 1 amide bonds. The summed E-state index contributed by atoms with van der Waals surface area (Å²) in [5, 5.41) is 3.98. The van der Waals surface area contributed by atoms with Gasteiger partial charge in [-0.15, -0.1) is 0 Å². The van der Waals surface area contributed by atoms with Gasteiger partial charge in [0.25, 0.3) is 5.56 Å². The van der Waals surface area contributed by atoms with Crippen LogP contribution in [-0.2, 0) is 16.1 Å². The van der Waals surface area contributed by atoms with Crippen molar-refractivity contribution in [3.8, 4) is 0 Å². The molecule has 1 saturated heterocycles. The van der Waals surface area contributed by atoms with Crippen molar-refractivity contribution in [1.29, 1.82) is 0 Å². The average molecular weight is 394 g/mol. The number of thioether (sulfide) groups is 1. The number of benzene rings is 1. The zero-order chi connectivity index (χ0) is 18.5. The van der Waals surface area contributed by atoms with E-state index in [-0.39, 0.29) is 23.1 Å². The lowest BCUT2D eigenvalue weighted by molar-refractivity contribution is -0.122. The molecular weight excluding hydrogens is 374 g/mol. The van der Waals surface area contributed by atoms with Crippen LogP contribution in [0, 0.1) is 5.92 Å². The predicted octanol–water partition coefficient (Wildman–Crippen LogP) is 3.03. The molecule has 3 rings (SSSR count). The lowest BCUT2D eigenvalue weighted by Gasteiger charge is -2.21. The molecule has 1 fully saturated rings. The summed E-state index contributed by atoms with van der Waals surface area (Å²) in [7, 11) is 0. The zero-order valence-corrected chi connectivity index (χ0v) is 16.0. The fourth-order valence-electron chi connectivity index (χ4n) is 2.83. The molecule has 1 aromatic carbocycles. The molecule has 2 aromatic rings. The summed E-state index contributed by atoms with van der Waals surface area (Å²) < 4.78 is 6.84. The predicted molar refractivity (Wildman–Crippen MR) is 103 cm³/mol. The molecule has 1 aliphatic heterocycles. The standard InChI is InChI=1S/C18H20ClN3O3S/c1-26-18-20-10-15(21-16(23)13-6-8-25-9-7-13)17(24)22(18)11-12-2-4-14(19)5-3-12/h2-5,10,13H,6-9,11H2,1H3,(H,21,23). The van der Waals surface area contributed by atoms with E-state index < -0.39 is 0 Å². The molecule has 8 heteroatoms. The fourth-order valence-corrected chi connectivity index (χ4v) is 3.48. The molecule has 0 atom stereocenters. The van der Waals surface area contributed by atoms with Crippen LogP contribution in [0.1, 0.15) is 18.4 Å². The third-order valence-electron chi connectivity index (χ3n) is 4.30. The molecule has 0 aliphatic carbocycles. The van der Waals surface area contributed by atoms with Gasteiger partial charge in [0.15, 0.2) is 5.16 Å². The number of halogens is 1. The smallest absolute Gasteiger partial charge is 0.278 e. The lowest BCUT2D eigenvalue weighted by Crippen LogP contribution is -2.33. The number of carbonyl (C=O) groups is 1. The number of nitrogens with zero attached hydrogens (tertiary/aromatic N) is 2. The van der Waals surface area contributed by atoms with Crippen molar-refractivity contribution in [2.75, 3.05) is 24.8 Å². The Kier molecular flexibility index (Phi) is 6.34. The number of amides is 1. The molecule has 2 heterocycles. The van der Waals surface area contributed by atoms with E-state index >= 15 is 0 Å². The Hall–Kier alpha value is -1.83. The first-order valence-electron chi connectivity index (χ1n) is 8.35. The van der Waals surface area contributed by atoms with Crippen molar-refractivity contribution >= 4 is 35.0 Å². The van der Waals surface area contributed by atoms with Gasteiger partial charge in [0.1, 0.15) is 5.69 Å². The molecule has 0 spiro atoms. The number of hydrogen-bond donors (Lipinski definition) is 1. The number of aromatic nitrogens is 2. The highest BCUT2D eigenvalue weighted by Crippen LogP contribution is 2.18. The van der Waals surface area contributed by atoms with E-state index in [9.17, 15) is 9.59 Å². The topological polar surface area (TPSA) is 73.2 Å². The van der Waals surface area contributed by atoms with Gasteiger partial charge >= 0.3 is 0 Å². The largest absolute Gasteiger partial charge is 0.381 e. The second kappa shape index (κ2) is 8.70. The monoisotopic (exact) mass is 393 g/mol. The van der Waals surface area contributed by atoms with Gasteiger partial charge in [-0.2, -0.15) is 0 Å². The Balaban J connectivity index is 1.84. The minimum absolute atomic E-state index is 0.131. The van der Waals surface area contributed by atoms with Crippen molar-refractivity contribution < 1.29 is 9.53 Å². The van der Waals surface area contributed by atoms with Crippen molar-refractivity contribution in [2.45, 2.75) is 24.5 Å². The average Bonchev–Trinajstić information content (AvgIpc) is 2.67. The van der Waals surface area contributed by atoms with Gasteiger partial charge in [-0.1, -0.05) is 35.5 Å². The van der Waals surface area contributed by atoms with Gasteiger partial charge in [-0.05, 0) is 36.8 Å². The normalized spacial score (nSPS) is 15.0. The molecular formula is C18H20ClN3O3S. The third kappa shape index (κ3) is 4.47. The molecule has 26 heavy (non-hydrogen) atoms. The highest BCUT2D eigenvalue weighted by atomic mass is 35.5. The van der Waals surface area contributed by atoms with Crippen molar-refractivity contribution in [2.24, 2.45) is 5.92 Å². The van der Waals surface area contributed by atoms with Crippen molar-refractivity contribution in [3.05, 3.63) is 51.4 Å². The Morgan fingerprint density at radius 3 is 2.69 bits per heavy atom. The first-order chi connectivity index (χ1) is 12.6. The van der Waals surface area contributed by atoms with Crippen LogP contribution in [-0.4, -0.2) is 34.9 Å². The number of carbonyl (C=O) groups excluding carboxylic acids is 1. The number of hydrogen-bond acceptors (Lipinski definition) is 5. The van der Waals surface area contributed by atoms with E-state index in [2.05, 4.69) is 10.3 Å². The number of nitrogens with one attached hydrogen (secondary N) is 1. The van der Waals surface area contributed by atoms with Crippen LogP contribution in [0.15, 0.2) is 40.4 Å². The highest BCUT2D eigenvalue weighted by molar-refractivity contribution is 7.98. The molecule has 1 aromatic heterocycles. The maximum atomic E-state index is 12.9. The Morgan fingerprint density at radius 2 is 2.04 bits per heavy atom. The minimum Gasteiger partial charge on any atom is -0.381 e. The van der Waals surface area contributed by atoms with Crippen LogP contribution in [0.25, 0.3) is 0 Å². The van der Waals surface area contributed by atoms with Gasteiger partial charge in [-0.25, -0.2) is 4.98 Å². The van der Waals surface area contributed by atoms with Crippen LogP contribution < -0.4 is 10.9 Å². The van der Waals surface area contributed by atoms with Gasteiger partial charge in [0.2, 0.25) is 5.91 Å². The molecule has 1 N–H and O–H groups in total. The summed E-state index contributed by atoms with van der Waals surface area (Å²) in [6.45, 7) is 1.51. The molecule has 6 nitrogen and oxygen atoms in total. The summed E-state index contributed by atoms with van der Waals surface area (Å²) >= 11 is 7.30. The number of rotatable bonds is 5. The Labute approximate surface area is 160 Å². The fraction of sp³-hybridized carbons (Fsp3) is 0.389. The second-order valence-electron chi connectivity index (χ2n) is 6.05. The summed E-state index contributed by atoms with van der Waals surface area (Å²) in [4.78, 5) is 29.6. The molecule has 0 unspecified atom stereocenters. The van der Waals surface area contributed by atoms with Gasteiger partial charge < -0.3 is 10.1 Å². The van der Waals surface area contributed by atoms with Crippen LogP contribution in [0.3, 0.4) is 0 Å². The van der Waals surface area contributed by atoms with E-state index in [0.717, 1.165) is 5.56 Å². The second-order valence-corrected chi connectivity index (χ2v) is 7.26. The van der Waals surface area contributed by atoms with E-state index in [0.29, 0.717) is 42.8 Å². The van der Waals surface area contributed by atoms with Crippen molar-refractivity contribution in [3.63, 3.8) is 0 Å². The summed E-state index contributed by atoms with van der Waals surface area (Å²) in [5.74, 6) is -0.282. The lowest BCUT2D eigenvalue weighted by atomic mass is 9.99.